The summed E-state index contributed by atoms with van der Waals surface area (Å²) in [6.45, 7) is -0.0733. The maximum atomic E-state index is 13.2. The van der Waals surface area contributed by atoms with E-state index in [0.29, 0.717) is 15.9 Å². The third-order valence-corrected chi connectivity index (χ3v) is 6.48. The molecule has 5 nitrogen and oxygen atoms in total. The number of thiophene rings is 1. The molecule has 1 aliphatic carbocycles. The van der Waals surface area contributed by atoms with Crippen LogP contribution in [0.4, 0.5) is 5.69 Å². The zero-order valence-corrected chi connectivity index (χ0v) is 17.2. The molecule has 6 heteroatoms. The van der Waals surface area contributed by atoms with Crippen molar-refractivity contribution in [1.82, 2.24) is 9.55 Å². The average molecular weight is 416 g/mol. The standard InChI is InChI=1S/C24H21N3O2S/c28-21(26-19-8-2-1-3-9-19)13-27-15-25-23-22(24(27)29)20(14-30-23)18-11-10-16-6-4-5-7-17(16)12-18/h1-3,8-12,14-15H,4-7,13H2,(H,26,28). The number of anilines is 1. The zero-order chi connectivity index (χ0) is 20.5. The molecule has 1 aliphatic rings. The van der Waals surface area contributed by atoms with E-state index >= 15 is 0 Å². The van der Waals surface area contributed by atoms with Gasteiger partial charge in [0.2, 0.25) is 5.91 Å². The number of rotatable bonds is 4. The number of aromatic nitrogens is 2. The highest BCUT2D eigenvalue weighted by Gasteiger charge is 2.17. The van der Waals surface area contributed by atoms with E-state index in [9.17, 15) is 9.59 Å². The number of para-hydroxylation sites is 1. The fraction of sp³-hybridized carbons (Fsp3) is 0.208. The number of hydrogen-bond donors (Lipinski definition) is 1. The molecule has 2 aromatic carbocycles. The van der Waals surface area contributed by atoms with Gasteiger partial charge < -0.3 is 5.32 Å². The highest BCUT2D eigenvalue weighted by atomic mass is 32.1. The fourth-order valence-electron chi connectivity index (χ4n) is 4.07. The molecule has 1 amide bonds. The normalized spacial score (nSPS) is 13.2. The Kier molecular flexibility index (Phi) is 4.93. The number of amides is 1. The Morgan fingerprint density at radius 1 is 1.07 bits per heavy atom. The number of nitrogens with one attached hydrogen (secondary N) is 1. The Labute approximate surface area is 178 Å². The first-order valence-electron chi connectivity index (χ1n) is 10.1. The van der Waals surface area contributed by atoms with Crippen molar-refractivity contribution < 1.29 is 4.79 Å². The van der Waals surface area contributed by atoms with Crippen LogP contribution in [0.25, 0.3) is 21.3 Å². The van der Waals surface area contributed by atoms with E-state index in [1.807, 2.05) is 35.7 Å². The molecule has 4 aromatic rings. The van der Waals surface area contributed by atoms with Gasteiger partial charge in [-0.1, -0.05) is 36.4 Å². The van der Waals surface area contributed by atoms with Crippen LogP contribution in [-0.4, -0.2) is 15.5 Å². The first-order valence-corrected chi connectivity index (χ1v) is 11.0. The lowest BCUT2D eigenvalue weighted by molar-refractivity contribution is -0.116. The van der Waals surface area contributed by atoms with Crippen molar-refractivity contribution in [1.29, 1.82) is 0 Å². The third-order valence-electron chi connectivity index (χ3n) is 5.59. The molecule has 0 aliphatic heterocycles. The van der Waals surface area contributed by atoms with Gasteiger partial charge in [0, 0.05) is 16.6 Å². The smallest absolute Gasteiger partial charge is 0.263 e. The van der Waals surface area contributed by atoms with E-state index < -0.39 is 0 Å². The molecule has 0 unspecified atom stereocenters. The highest BCUT2D eigenvalue weighted by molar-refractivity contribution is 7.17. The second kappa shape index (κ2) is 7.88. The molecule has 0 atom stereocenters. The number of fused-ring (bicyclic) bond motifs is 2. The molecular formula is C24H21N3O2S. The minimum Gasteiger partial charge on any atom is -0.325 e. The van der Waals surface area contributed by atoms with Crippen LogP contribution in [0.3, 0.4) is 0 Å². The van der Waals surface area contributed by atoms with E-state index in [-0.39, 0.29) is 18.0 Å². The fourth-order valence-corrected chi connectivity index (χ4v) is 4.98. The summed E-state index contributed by atoms with van der Waals surface area (Å²) in [6.07, 6.45) is 6.14. The summed E-state index contributed by atoms with van der Waals surface area (Å²) in [5.74, 6) is -0.255. The van der Waals surface area contributed by atoms with Crippen LogP contribution in [0, 0.1) is 0 Å². The van der Waals surface area contributed by atoms with Crippen molar-refractivity contribution in [3.05, 3.63) is 81.7 Å². The van der Waals surface area contributed by atoms with Gasteiger partial charge in [-0.3, -0.25) is 14.2 Å². The van der Waals surface area contributed by atoms with Crippen molar-refractivity contribution in [2.75, 3.05) is 5.32 Å². The molecule has 0 radical (unpaired) electrons. The zero-order valence-electron chi connectivity index (χ0n) is 16.4. The molecule has 150 valence electrons. The molecule has 0 bridgehead atoms. The summed E-state index contributed by atoms with van der Waals surface area (Å²) in [5, 5.41) is 5.40. The molecule has 1 N–H and O–H groups in total. The van der Waals surface area contributed by atoms with E-state index in [2.05, 4.69) is 28.5 Å². The van der Waals surface area contributed by atoms with Crippen molar-refractivity contribution in [2.45, 2.75) is 32.2 Å². The molecule has 2 aromatic heterocycles. The van der Waals surface area contributed by atoms with Crippen molar-refractivity contribution >= 4 is 33.1 Å². The monoisotopic (exact) mass is 415 g/mol. The summed E-state index contributed by atoms with van der Waals surface area (Å²) < 4.78 is 1.38. The van der Waals surface area contributed by atoms with Crippen LogP contribution in [-0.2, 0) is 24.2 Å². The molecular weight excluding hydrogens is 394 g/mol. The molecule has 2 heterocycles. The summed E-state index contributed by atoms with van der Waals surface area (Å²) in [4.78, 5) is 30.8. The van der Waals surface area contributed by atoms with E-state index in [1.54, 1.807) is 0 Å². The van der Waals surface area contributed by atoms with Crippen LogP contribution < -0.4 is 10.9 Å². The van der Waals surface area contributed by atoms with Gasteiger partial charge in [0.05, 0.1) is 11.7 Å². The third kappa shape index (κ3) is 3.55. The maximum absolute atomic E-state index is 13.2. The molecule has 0 spiro atoms. The molecule has 0 fully saturated rings. The summed E-state index contributed by atoms with van der Waals surface area (Å²) in [7, 11) is 0. The number of benzene rings is 2. The lowest BCUT2D eigenvalue weighted by Gasteiger charge is -2.16. The number of carbonyl (C=O) groups excluding carboxylic acids is 1. The molecule has 5 rings (SSSR count). The summed E-state index contributed by atoms with van der Waals surface area (Å²) >= 11 is 1.47. The Bertz CT molecular complexity index is 1290. The SMILES string of the molecule is O=C(Cn1cnc2scc(-c3ccc4c(c3)CCCC4)c2c1=O)Nc1ccccc1. The van der Waals surface area contributed by atoms with Gasteiger partial charge in [-0.2, -0.15) is 0 Å². The number of nitrogens with zero attached hydrogens (tertiary/aromatic N) is 2. The lowest BCUT2D eigenvalue weighted by atomic mass is 9.89. The highest BCUT2D eigenvalue weighted by Crippen LogP contribution is 2.33. The maximum Gasteiger partial charge on any atom is 0.263 e. The second-order valence-electron chi connectivity index (χ2n) is 7.61. The van der Waals surface area contributed by atoms with Gasteiger partial charge in [0.15, 0.2) is 0 Å². The van der Waals surface area contributed by atoms with E-state index in [0.717, 1.165) is 24.0 Å². The Morgan fingerprint density at radius 2 is 1.87 bits per heavy atom. The topological polar surface area (TPSA) is 64.0 Å². The van der Waals surface area contributed by atoms with Gasteiger partial charge in [0.25, 0.3) is 5.56 Å². The minimum absolute atomic E-state index is 0.0733. The van der Waals surface area contributed by atoms with Crippen LogP contribution in [0.15, 0.2) is 65.0 Å². The predicted molar refractivity (Wildman–Crippen MR) is 121 cm³/mol. The molecule has 0 saturated carbocycles. The van der Waals surface area contributed by atoms with Gasteiger partial charge in [-0.25, -0.2) is 4.98 Å². The quantitative estimate of drug-likeness (QED) is 0.528. The number of carbonyl (C=O) groups is 1. The van der Waals surface area contributed by atoms with Crippen LogP contribution in [0.1, 0.15) is 24.0 Å². The van der Waals surface area contributed by atoms with E-state index in [1.165, 1.54) is 46.2 Å². The van der Waals surface area contributed by atoms with Gasteiger partial charge in [-0.15, -0.1) is 11.3 Å². The Hall–Kier alpha value is -3.25. The van der Waals surface area contributed by atoms with Crippen molar-refractivity contribution in [2.24, 2.45) is 0 Å². The number of hydrogen-bond acceptors (Lipinski definition) is 4. The van der Waals surface area contributed by atoms with Gasteiger partial charge >= 0.3 is 0 Å². The second-order valence-corrected chi connectivity index (χ2v) is 8.47. The van der Waals surface area contributed by atoms with Gasteiger partial charge in [-0.05, 0) is 54.5 Å². The lowest BCUT2D eigenvalue weighted by Crippen LogP contribution is -2.27. The first-order chi connectivity index (χ1) is 14.7. The molecule has 0 saturated heterocycles. The Morgan fingerprint density at radius 3 is 2.70 bits per heavy atom. The summed E-state index contributed by atoms with van der Waals surface area (Å²) in [6, 6.07) is 15.7. The van der Waals surface area contributed by atoms with Gasteiger partial charge in [0.1, 0.15) is 11.4 Å². The van der Waals surface area contributed by atoms with Crippen molar-refractivity contribution in [3.63, 3.8) is 0 Å². The van der Waals surface area contributed by atoms with E-state index in [4.69, 9.17) is 0 Å². The van der Waals surface area contributed by atoms with Crippen LogP contribution >= 0.6 is 11.3 Å². The number of aryl methyl sites for hydroxylation is 2. The predicted octanol–water partition coefficient (Wildman–Crippen LogP) is 4.64. The average Bonchev–Trinajstić information content (AvgIpc) is 3.21. The largest absolute Gasteiger partial charge is 0.325 e. The van der Waals surface area contributed by atoms with Crippen LogP contribution in [0.2, 0.25) is 0 Å². The van der Waals surface area contributed by atoms with Crippen molar-refractivity contribution in [3.8, 4) is 11.1 Å². The first kappa shape index (κ1) is 18.8. The van der Waals surface area contributed by atoms with Crippen LogP contribution in [0.5, 0.6) is 0 Å². The minimum atomic E-state index is -0.255. The Balaban J connectivity index is 1.48. The molecule has 30 heavy (non-hydrogen) atoms. The summed E-state index contributed by atoms with van der Waals surface area (Å²) in [5.41, 5.74) is 5.26.